The Bertz CT molecular complexity index is 513. The van der Waals surface area contributed by atoms with Gasteiger partial charge in [0.2, 0.25) is 0 Å². The van der Waals surface area contributed by atoms with Crippen LogP contribution >= 0.6 is 27.7 Å². The van der Waals surface area contributed by atoms with Crippen LogP contribution in [0.4, 0.5) is 0 Å². The summed E-state index contributed by atoms with van der Waals surface area (Å²) in [6.07, 6.45) is 3.69. The van der Waals surface area contributed by atoms with Crippen LogP contribution in [0.25, 0.3) is 0 Å². The first-order valence-electron chi connectivity index (χ1n) is 5.70. The van der Waals surface area contributed by atoms with E-state index in [9.17, 15) is 0 Å². The van der Waals surface area contributed by atoms with Gasteiger partial charge in [-0.3, -0.25) is 4.98 Å². The van der Waals surface area contributed by atoms with E-state index in [1.165, 1.54) is 4.90 Å². The number of benzene rings is 1. The Labute approximate surface area is 120 Å². The third-order valence-corrected chi connectivity index (χ3v) is 4.23. The molecule has 1 unspecified atom stereocenters. The van der Waals surface area contributed by atoms with Crippen molar-refractivity contribution in [3.8, 4) is 0 Å². The lowest BCUT2D eigenvalue weighted by molar-refractivity contribution is 0.822. The van der Waals surface area contributed by atoms with Gasteiger partial charge in [-0.2, -0.15) is 0 Å². The number of nitrogens with zero attached hydrogens (tertiary/aromatic N) is 1. The second-order valence-corrected chi connectivity index (χ2v) is 6.18. The number of aryl methyl sites for hydroxylation is 1. The van der Waals surface area contributed by atoms with Crippen LogP contribution in [0.15, 0.2) is 52.1 Å². The van der Waals surface area contributed by atoms with E-state index in [4.69, 9.17) is 5.73 Å². The highest BCUT2D eigenvalue weighted by molar-refractivity contribution is 9.10. The van der Waals surface area contributed by atoms with Crippen LogP contribution in [0, 0.1) is 6.92 Å². The topological polar surface area (TPSA) is 38.9 Å². The highest BCUT2D eigenvalue weighted by Gasteiger charge is 2.07. The van der Waals surface area contributed by atoms with Crippen molar-refractivity contribution in [1.82, 2.24) is 4.98 Å². The lowest BCUT2D eigenvalue weighted by atomic mass is 10.1. The van der Waals surface area contributed by atoms with Crippen LogP contribution in [0.3, 0.4) is 0 Å². The molecule has 0 aliphatic carbocycles. The monoisotopic (exact) mass is 322 g/mol. The molecule has 0 aliphatic rings. The molecule has 0 aliphatic heterocycles. The first-order valence-corrected chi connectivity index (χ1v) is 7.48. The predicted molar refractivity (Wildman–Crippen MR) is 80.8 cm³/mol. The largest absolute Gasteiger partial charge is 0.323 e. The summed E-state index contributed by atoms with van der Waals surface area (Å²) in [6, 6.07) is 10.4. The van der Waals surface area contributed by atoms with E-state index in [1.54, 1.807) is 11.8 Å². The summed E-state index contributed by atoms with van der Waals surface area (Å²) in [7, 11) is 0. The molecule has 0 bridgehead atoms. The molecule has 0 fully saturated rings. The zero-order valence-electron chi connectivity index (χ0n) is 10.1. The van der Waals surface area contributed by atoms with Gasteiger partial charge in [0.25, 0.3) is 0 Å². The Morgan fingerprint density at radius 3 is 2.67 bits per heavy atom. The van der Waals surface area contributed by atoms with Gasteiger partial charge in [-0.25, -0.2) is 0 Å². The van der Waals surface area contributed by atoms with Crippen molar-refractivity contribution in [3.05, 3.63) is 58.3 Å². The van der Waals surface area contributed by atoms with Gasteiger partial charge in [-0.1, -0.05) is 22.0 Å². The molecule has 2 N–H and O–H groups in total. The SMILES string of the molecule is Cc1cncc(C(N)CSc2ccc(Br)cc2)c1. The Morgan fingerprint density at radius 2 is 2.00 bits per heavy atom. The molecule has 2 nitrogen and oxygen atoms in total. The molecule has 1 aromatic carbocycles. The molecule has 1 heterocycles. The number of thioether (sulfide) groups is 1. The van der Waals surface area contributed by atoms with E-state index in [-0.39, 0.29) is 6.04 Å². The maximum absolute atomic E-state index is 6.17. The summed E-state index contributed by atoms with van der Waals surface area (Å²) >= 11 is 5.19. The standard InChI is InChI=1S/C14H15BrN2S/c1-10-6-11(8-17-7-10)14(16)9-18-13-4-2-12(15)3-5-13/h2-8,14H,9,16H2,1H3. The van der Waals surface area contributed by atoms with Gasteiger partial charge in [0.1, 0.15) is 0 Å². The fraction of sp³-hybridized carbons (Fsp3) is 0.214. The van der Waals surface area contributed by atoms with Gasteiger partial charge < -0.3 is 5.73 Å². The zero-order valence-corrected chi connectivity index (χ0v) is 12.5. The number of halogens is 1. The fourth-order valence-electron chi connectivity index (χ4n) is 1.59. The molecule has 4 heteroatoms. The number of rotatable bonds is 4. The van der Waals surface area contributed by atoms with E-state index in [0.717, 1.165) is 21.4 Å². The average Bonchev–Trinajstić information content (AvgIpc) is 2.38. The summed E-state index contributed by atoms with van der Waals surface area (Å²) in [4.78, 5) is 5.41. The highest BCUT2D eigenvalue weighted by atomic mass is 79.9. The first kappa shape index (κ1) is 13.6. The third kappa shape index (κ3) is 3.83. The number of aromatic nitrogens is 1. The smallest absolute Gasteiger partial charge is 0.0405 e. The van der Waals surface area contributed by atoms with E-state index in [1.807, 2.05) is 31.5 Å². The predicted octanol–water partition coefficient (Wildman–Crippen LogP) is 3.94. The molecule has 1 aromatic heterocycles. The quantitative estimate of drug-likeness (QED) is 0.866. The minimum Gasteiger partial charge on any atom is -0.323 e. The Morgan fingerprint density at radius 1 is 1.28 bits per heavy atom. The van der Waals surface area contributed by atoms with Crippen LogP contribution in [0.5, 0.6) is 0 Å². The summed E-state index contributed by atoms with van der Waals surface area (Å²) in [5.41, 5.74) is 8.42. The van der Waals surface area contributed by atoms with Gasteiger partial charge in [0.05, 0.1) is 0 Å². The zero-order chi connectivity index (χ0) is 13.0. The second-order valence-electron chi connectivity index (χ2n) is 4.17. The molecule has 0 spiro atoms. The van der Waals surface area contributed by atoms with Gasteiger partial charge >= 0.3 is 0 Å². The molecule has 2 aromatic rings. The summed E-state index contributed by atoms with van der Waals surface area (Å²) in [5, 5.41) is 0. The molecule has 0 amide bonds. The van der Waals surface area contributed by atoms with Gasteiger partial charge in [0, 0.05) is 33.6 Å². The van der Waals surface area contributed by atoms with Crippen molar-refractivity contribution in [3.63, 3.8) is 0 Å². The van der Waals surface area contributed by atoms with Crippen molar-refractivity contribution in [2.45, 2.75) is 17.9 Å². The highest BCUT2D eigenvalue weighted by Crippen LogP contribution is 2.24. The van der Waals surface area contributed by atoms with Crippen molar-refractivity contribution >= 4 is 27.7 Å². The van der Waals surface area contributed by atoms with Crippen LogP contribution in [0.2, 0.25) is 0 Å². The lowest BCUT2D eigenvalue weighted by Crippen LogP contribution is -2.13. The molecule has 0 saturated carbocycles. The van der Waals surface area contributed by atoms with Gasteiger partial charge in [0.15, 0.2) is 0 Å². The van der Waals surface area contributed by atoms with E-state index < -0.39 is 0 Å². The number of pyridine rings is 1. The number of hydrogen-bond acceptors (Lipinski definition) is 3. The summed E-state index contributed by atoms with van der Waals surface area (Å²) < 4.78 is 1.10. The average molecular weight is 323 g/mol. The van der Waals surface area contributed by atoms with Crippen molar-refractivity contribution in [2.75, 3.05) is 5.75 Å². The molecule has 1 atom stereocenters. The molecule has 0 radical (unpaired) electrons. The fourth-order valence-corrected chi connectivity index (χ4v) is 2.75. The van der Waals surface area contributed by atoms with E-state index in [2.05, 4.69) is 39.1 Å². The van der Waals surface area contributed by atoms with E-state index >= 15 is 0 Å². The van der Waals surface area contributed by atoms with Gasteiger partial charge in [-0.05, 0) is 42.3 Å². The van der Waals surface area contributed by atoms with Crippen molar-refractivity contribution < 1.29 is 0 Å². The lowest BCUT2D eigenvalue weighted by Gasteiger charge is -2.11. The normalized spacial score (nSPS) is 12.4. The minimum absolute atomic E-state index is 0.0195. The number of nitrogens with two attached hydrogens (primary N) is 1. The van der Waals surface area contributed by atoms with Crippen molar-refractivity contribution in [2.24, 2.45) is 5.73 Å². The van der Waals surface area contributed by atoms with Crippen molar-refractivity contribution in [1.29, 1.82) is 0 Å². The third-order valence-electron chi connectivity index (χ3n) is 2.57. The summed E-state index contributed by atoms with van der Waals surface area (Å²) in [5.74, 6) is 0.854. The minimum atomic E-state index is 0.0195. The maximum atomic E-state index is 6.17. The van der Waals surface area contributed by atoms with Crippen LogP contribution < -0.4 is 5.73 Å². The maximum Gasteiger partial charge on any atom is 0.0405 e. The van der Waals surface area contributed by atoms with Crippen LogP contribution in [-0.4, -0.2) is 10.7 Å². The molecular weight excluding hydrogens is 308 g/mol. The van der Waals surface area contributed by atoms with Crippen LogP contribution in [0.1, 0.15) is 17.2 Å². The molecule has 18 heavy (non-hydrogen) atoms. The van der Waals surface area contributed by atoms with Crippen LogP contribution in [-0.2, 0) is 0 Å². The summed E-state index contributed by atoms with van der Waals surface area (Å²) in [6.45, 7) is 2.03. The Kier molecular flexibility index (Phi) is 4.80. The first-order chi connectivity index (χ1) is 8.65. The van der Waals surface area contributed by atoms with E-state index in [0.29, 0.717) is 0 Å². The molecule has 94 valence electrons. The molecule has 2 rings (SSSR count). The second kappa shape index (κ2) is 6.36. The Hall–Kier alpha value is -0.840. The molecular formula is C14H15BrN2S. The number of hydrogen-bond donors (Lipinski definition) is 1. The molecule has 0 saturated heterocycles. The Balaban J connectivity index is 1.96. The van der Waals surface area contributed by atoms with Gasteiger partial charge in [-0.15, -0.1) is 11.8 Å².